The quantitative estimate of drug-likeness (QED) is 0.542. The Labute approximate surface area is 127 Å². The molecular weight excluding hydrogens is 303 g/mol. The molecule has 4 aromatic rings. The van der Waals surface area contributed by atoms with Gasteiger partial charge in [0.1, 0.15) is 26.6 Å². The van der Waals surface area contributed by atoms with Crippen LogP contribution in [0.15, 0.2) is 41.2 Å². The standard InChI is InChI=1S/C15H9FN4OS/c1-8-6-7-9-12-13(22-14(9)17-8)15(21)20(19-18-12)11-5-3-2-4-10(11)16/h2-7H,1H3. The molecule has 7 heteroatoms. The highest BCUT2D eigenvalue weighted by molar-refractivity contribution is 7.25. The zero-order valence-electron chi connectivity index (χ0n) is 11.4. The average Bonchev–Trinajstić information content (AvgIpc) is 2.87. The van der Waals surface area contributed by atoms with Gasteiger partial charge in [-0.05, 0) is 31.2 Å². The first kappa shape index (κ1) is 13.0. The van der Waals surface area contributed by atoms with E-state index in [0.29, 0.717) is 10.2 Å². The largest absolute Gasteiger partial charge is 0.292 e. The lowest BCUT2D eigenvalue weighted by molar-refractivity contribution is 0.599. The van der Waals surface area contributed by atoms with E-state index in [1.165, 1.54) is 23.5 Å². The Hall–Kier alpha value is -2.67. The summed E-state index contributed by atoms with van der Waals surface area (Å²) >= 11 is 1.25. The molecule has 108 valence electrons. The number of aromatic nitrogens is 4. The lowest BCUT2D eigenvalue weighted by atomic mass is 10.3. The summed E-state index contributed by atoms with van der Waals surface area (Å²) in [6.07, 6.45) is 0. The molecule has 3 heterocycles. The minimum absolute atomic E-state index is 0.0866. The van der Waals surface area contributed by atoms with Gasteiger partial charge >= 0.3 is 0 Å². The normalized spacial score (nSPS) is 11.4. The third-order valence-corrected chi connectivity index (χ3v) is 4.45. The van der Waals surface area contributed by atoms with Crippen LogP contribution in [-0.2, 0) is 0 Å². The molecule has 5 nitrogen and oxygen atoms in total. The van der Waals surface area contributed by atoms with Gasteiger partial charge in [-0.1, -0.05) is 17.3 Å². The Bertz CT molecular complexity index is 1090. The van der Waals surface area contributed by atoms with Crippen LogP contribution < -0.4 is 5.56 Å². The smallest absolute Gasteiger partial charge is 0.266 e. The monoisotopic (exact) mass is 312 g/mol. The van der Waals surface area contributed by atoms with Crippen LogP contribution in [0.4, 0.5) is 4.39 Å². The van der Waals surface area contributed by atoms with Crippen LogP contribution in [0.1, 0.15) is 5.69 Å². The molecule has 22 heavy (non-hydrogen) atoms. The molecule has 0 spiro atoms. The number of nitrogens with zero attached hydrogens (tertiary/aromatic N) is 4. The van der Waals surface area contributed by atoms with Crippen molar-refractivity contribution in [1.29, 1.82) is 0 Å². The predicted molar refractivity (Wildman–Crippen MR) is 83.0 cm³/mol. The molecule has 1 aromatic carbocycles. The second-order valence-electron chi connectivity index (χ2n) is 4.84. The molecule has 0 N–H and O–H groups in total. The molecule has 0 aliphatic rings. The van der Waals surface area contributed by atoms with E-state index in [9.17, 15) is 9.18 Å². The van der Waals surface area contributed by atoms with Gasteiger partial charge in [-0.2, -0.15) is 4.68 Å². The minimum Gasteiger partial charge on any atom is -0.266 e. The molecule has 0 saturated heterocycles. The summed E-state index contributed by atoms with van der Waals surface area (Å²) in [4.78, 5) is 17.7. The Morgan fingerprint density at radius 3 is 2.82 bits per heavy atom. The molecule has 0 bridgehead atoms. The predicted octanol–water partition coefficient (Wildman–Crippen LogP) is 2.84. The fourth-order valence-electron chi connectivity index (χ4n) is 2.31. The van der Waals surface area contributed by atoms with E-state index in [4.69, 9.17) is 0 Å². The molecule has 4 rings (SSSR count). The summed E-state index contributed by atoms with van der Waals surface area (Å²) in [7, 11) is 0. The van der Waals surface area contributed by atoms with E-state index >= 15 is 0 Å². The lowest BCUT2D eigenvalue weighted by Crippen LogP contribution is -2.22. The summed E-state index contributed by atoms with van der Waals surface area (Å²) in [5, 5.41) is 8.76. The van der Waals surface area contributed by atoms with E-state index in [-0.39, 0.29) is 5.69 Å². The van der Waals surface area contributed by atoms with Crippen LogP contribution in [0, 0.1) is 12.7 Å². The fourth-order valence-corrected chi connectivity index (χ4v) is 3.39. The Balaban J connectivity index is 2.08. The molecular formula is C15H9FN4OS. The summed E-state index contributed by atoms with van der Waals surface area (Å²) in [6.45, 7) is 1.88. The number of benzene rings is 1. The maximum atomic E-state index is 13.9. The van der Waals surface area contributed by atoms with E-state index in [2.05, 4.69) is 15.3 Å². The van der Waals surface area contributed by atoms with Crippen molar-refractivity contribution in [2.75, 3.05) is 0 Å². The highest BCUT2D eigenvalue weighted by Gasteiger charge is 2.15. The Morgan fingerprint density at radius 2 is 2.00 bits per heavy atom. The topological polar surface area (TPSA) is 60.7 Å². The van der Waals surface area contributed by atoms with Crippen molar-refractivity contribution in [2.45, 2.75) is 6.92 Å². The van der Waals surface area contributed by atoms with Crippen LogP contribution in [0.5, 0.6) is 0 Å². The summed E-state index contributed by atoms with van der Waals surface area (Å²) in [6, 6.07) is 9.71. The van der Waals surface area contributed by atoms with Crippen molar-refractivity contribution < 1.29 is 4.39 Å². The molecule has 0 amide bonds. The molecule has 0 aliphatic carbocycles. The van der Waals surface area contributed by atoms with Crippen molar-refractivity contribution in [2.24, 2.45) is 0 Å². The first-order valence-corrected chi connectivity index (χ1v) is 7.37. The Kier molecular flexibility index (Phi) is 2.77. The van der Waals surface area contributed by atoms with Gasteiger partial charge in [-0.3, -0.25) is 4.79 Å². The number of thiophene rings is 1. The number of aryl methyl sites for hydroxylation is 1. The lowest BCUT2D eigenvalue weighted by Gasteiger charge is -2.03. The van der Waals surface area contributed by atoms with Gasteiger partial charge in [0.2, 0.25) is 0 Å². The van der Waals surface area contributed by atoms with Crippen molar-refractivity contribution in [1.82, 2.24) is 20.0 Å². The van der Waals surface area contributed by atoms with Crippen LogP contribution in [-0.4, -0.2) is 20.0 Å². The fraction of sp³-hybridized carbons (Fsp3) is 0.0667. The maximum Gasteiger partial charge on any atom is 0.292 e. The van der Waals surface area contributed by atoms with Gasteiger partial charge in [-0.25, -0.2) is 9.37 Å². The number of hydrogen-bond acceptors (Lipinski definition) is 5. The highest BCUT2D eigenvalue weighted by atomic mass is 32.1. The summed E-state index contributed by atoms with van der Waals surface area (Å²) in [5.41, 5.74) is 1.06. The van der Waals surface area contributed by atoms with Crippen molar-refractivity contribution >= 4 is 31.8 Å². The van der Waals surface area contributed by atoms with E-state index < -0.39 is 11.4 Å². The zero-order valence-corrected chi connectivity index (χ0v) is 12.3. The van der Waals surface area contributed by atoms with Gasteiger partial charge in [0.15, 0.2) is 0 Å². The second kappa shape index (κ2) is 4.67. The first-order valence-electron chi connectivity index (χ1n) is 6.56. The van der Waals surface area contributed by atoms with Gasteiger partial charge in [0, 0.05) is 11.1 Å². The maximum absolute atomic E-state index is 13.9. The third-order valence-electron chi connectivity index (χ3n) is 3.37. The average molecular weight is 312 g/mol. The number of fused-ring (bicyclic) bond motifs is 3. The number of rotatable bonds is 1. The molecule has 0 saturated carbocycles. The molecule has 0 atom stereocenters. The van der Waals surface area contributed by atoms with Crippen LogP contribution in [0.3, 0.4) is 0 Å². The number of pyridine rings is 1. The van der Waals surface area contributed by atoms with E-state index in [0.717, 1.165) is 20.6 Å². The highest BCUT2D eigenvalue weighted by Crippen LogP contribution is 2.28. The van der Waals surface area contributed by atoms with Crippen LogP contribution in [0.25, 0.3) is 26.1 Å². The second-order valence-corrected chi connectivity index (χ2v) is 5.84. The zero-order chi connectivity index (χ0) is 15.3. The van der Waals surface area contributed by atoms with Crippen molar-refractivity contribution in [3.63, 3.8) is 0 Å². The van der Waals surface area contributed by atoms with E-state index in [1.807, 2.05) is 19.1 Å². The van der Waals surface area contributed by atoms with Crippen molar-refractivity contribution in [3.05, 3.63) is 58.3 Å². The van der Waals surface area contributed by atoms with E-state index in [1.54, 1.807) is 12.1 Å². The van der Waals surface area contributed by atoms with Crippen molar-refractivity contribution in [3.8, 4) is 5.69 Å². The number of hydrogen-bond donors (Lipinski definition) is 0. The minimum atomic E-state index is -0.520. The van der Waals surface area contributed by atoms with Crippen LogP contribution >= 0.6 is 11.3 Å². The van der Waals surface area contributed by atoms with Gasteiger partial charge < -0.3 is 0 Å². The first-order chi connectivity index (χ1) is 10.6. The molecule has 3 aromatic heterocycles. The number of halogens is 1. The molecule has 0 aliphatic heterocycles. The summed E-state index contributed by atoms with van der Waals surface area (Å²) < 4.78 is 15.3. The molecule has 0 unspecified atom stereocenters. The van der Waals surface area contributed by atoms with Gasteiger partial charge in [0.05, 0.1) is 0 Å². The summed E-state index contributed by atoms with van der Waals surface area (Å²) in [5.74, 6) is -0.520. The SMILES string of the molecule is Cc1ccc2c(n1)sc1c(=O)n(-c3ccccc3F)nnc12. The number of para-hydroxylation sites is 1. The van der Waals surface area contributed by atoms with Gasteiger partial charge in [0.25, 0.3) is 5.56 Å². The van der Waals surface area contributed by atoms with Crippen LogP contribution in [0.2, 0.25) is 0 Å². The Morgan fingerprint density at radius 1 is 1.18 bits per heavy atom. The molecule has 0 fully saturated rings. The molecule has 0 radical (unpaired) electrons. The van der Waals surface area contributed by atoms with Gasteiger partial charge in [-0.15, -0.1) is 16.4 Å². The third kappa shape index (κ3) is 1.82.